The van der Waals surface area contributed by atoms with Gasteiger partial charge in [0.25, 0.3) is 0 Å². The molecule has 0 saturated carbocycles. The molecule has 2 fully saturated rings. The average Bonchev–Trinajstić information content (AvgIpc) is 2.67. The van der Waals surface area contributed by atoms with Gasteiger partial charge in [-0.3, -0.25) is 0 Å². The molecule has 2 nitrogen and oxygen atoms in total. The molecular weight excluding hydrogens is 390 g/mol. The van der Waals surface area contributed by atoms with Crippen molar-refractivity contribution in [3.63, 3.8) is 0 Å². The van der Waals surface area contributed by atoms with Crippen LogP contribution in [0.2, 0.25) is 0 Å². The number of nitrogens with one attached hydrogen (secondary N) is 2. The van der Waals surface area contributed by atoms with Gasteiger partial charge >= 0.3 is 21.1 Å². The summed E-state index contributed by atoms with van der Waals surface area (Å²) in [6.07, 6.45) is 5.56. The van der Waals surface area contributed by atoms with Crippen LogP contribution in [0.4, 0.5) is 0 Å². The van der Waals surface area contributed by atoms with E-state index in [0.29, 0.717) is 0 Å². The first kappa shape index (κ1) is 19.7. The fraction of sp³-hybridized carbons (Fsp3) is 1.00. The van der Waals surface area contributed by atoms with Gasteiger partial charge in [0.15, 0.2) is 0 Å². The third-order valence-corrected chi connectivity index (χ3v) is 1.91. The minimum absolute atomic E-state index is 0. The number of hydrogen-bond acceptors (Lipinski definition) is 2. The van der Waals surface area contributed by atoms with Crippen LogP contribution in [0.3, 0.4) is 0 Å². The molecule has 0 radical (unpaired) electrons. The maximum absolute atomic E-state index is 3.22. The first-order chi connectivity index (χ1) is 5.00. The Bertz CT molecular complexity index is 53.3. The van der Waals surface area contributed by atoms with Crippen molar-refractivity contribution in [1.82, 2.24) is 10.6 Å². The summed E-state index contributed by atoms with van der Waals surface area (Å²) in [6, 6.07) is 0. The van der Waals surface area contributed by atoms with Crippen LogP contribution in [-0.2, 0) is 21.1 Å². The molecule has 0 aromatic rings. The monoisotopic (exact) mass is 407 g/mol. The summed E-state index contributed by atoms with van der Waals surface area (Å²) < 4.78 is 0. The van der Waals surface area contributed by atoms with Crippen LogP contribution >= 0.6 is 0 Å². The quantitative estimate of drug-likeness (QED) is 0.419. The predicted octanol–water partition coefficient (Wildman–Crippen LogP) is -5.25. The van der Waals surface area contributed by atoms with E-state index in [1.54, 1.807) is 0 Å². The molecule has 5 heteroatoms. The molecule has 0 aliphatic carbocycles. The summed E-state index contributed by atoms with van der Waals surface area (Å²) in [5, 5.41) is 6.44. The molecule has 0 aromatic carbocycles. The minimum atomic E-state index is 0. The van der Waals surface area contributed by atoms with Gasteiger partial charge in [0.05, 0.1) is 0 Å². The van der Waals surface area contributed by atoms with Crippen LogP contribution in [0.25, 0.3) is 0 Å². The third-order valence-electron chi connectivity index (χ3n) is 1.91. The smallest absolute Gasteiger partial charge is 1.00 e. The zero-order chi connectivity index (χ0) is 7.07. The molecule has 0 unspecified atom stereocenters. The number of hydrogen-bond donors (Lipinski definition) is 2. The van der Waals surface area contributed by atoms with E-state index < -0.39 is 0 Å². The zero-order valence-corrected chi connectivity index (χ0v) is 11.5. The van der Waals surface area contributed by atoms with Gasteiger partial charge < -0.3 is 35.4 Å². The van der Waals surface area contributed by atoms with Gasteiger partial charge in [-0.15, -0.1) is 0 Å². The number of rotatable bonds is 0. The Morgan fingerprint density at radius 1 is 0.538 bits per heavy atom. The first-order valence-corrected chi connectivity index (χ1v) is 4.41. The fourth-order valence-electron chi connectivity index (χ4n) is 1.25. The van der Waals surface area contributed by atoms with Gasteiger partial charge in [0.1, 0.15) is 0 Å². The second-order valence-electron chi connectivity index (χ2n) is 2.91. The molecule has 2 rings (SSSR count). The molecule has 2 heterocycles. The predicted molar refractivity (Wildman–Crippen MR) is 44.2 cm³/mol. The van der Waals surface area contributed by atoms with E-state index in [-0.39, 0.29) is 45.9 Å². The van der Waals surface area contributed by atoms with E-state index in [1.165, 1.54) is 51.9 Å². The SMILES string of the molecule is C1CCNC1.C1CCNC1.[Cl-].[Cl-].[Pt+2]. The molecule has 13 heavy (non-hydrogen) atoms. The van der Waals surface area contributed by atoms with E-state index in [0.717, 1.165) is 0 Å². The Morgan fingerprint density at radius 3 is 0.846 bits per heavy atom. The summed E-state index contributed by atoms with van der Waals surface area (Å²) in [7, 11) is 0. The molecule has 0 bridgehead atoms. The largest absolute Gasteiger partial charge is 2.00 e. The van der Waals surface area contributed by atoms with Crippen LogP contribution in [0, 0.1) is 0 Å². The molecule has 0 amide bonds. The van der Waals surface area contributed by atoms with E-state index in [9.17, 15) is 0 Å². The fourth-order valence-corrected chi connectivity index (χ4v) is 1.25. The van der Waals surface area contributed by atoms with Gasteiger partial charge in [-0.2, -0.15) is 0 Å². The van der Waals surface area contributed by atoms with Gasteiger partial charge in [-0.1, -0.05) is 0 Å². The molecule has 0 aromatic heterocycles. The Kier molecular flexibility index (Phi) is 23.7. The van der Waals surface area contributed by atoms with E-state index in [4.69, 9.17) is 0 Å². The summed E-state index contributed by atoms with van der Waals surface area (Å²) >= 11 is 0. The Hall–Kier alpha value is 1.19. The topological polar surface area (TPSA) is 24.1 Å². The van der Waals surface area contributed by atoms with Crippen molar-refractivity contribution in [3.05, 3.63) is 0 Å². The van der Waals surface area contributed by atoms with Crippen LogP contribution in [0.15, 0.2) is 0 Å². The van der Waals surface area contributed by atoms with Crippen molar-refractivity contribution in [2.24, 2.45) is 0 Å². The van der Waals surface area contributed by atoms with Crippen LogP contribution in [-0.4, -0.2) is 26.2 Å². The molecule has 0 atom stereocenters. The van der Waals surface area contributed by atoms with Gasteiger partial charge in [0, 0.05) is 0 Å². The van der Waals surface area contributed by atoms with Crippen molar-refractivity contribution in [3.8, 4) is 0 Å². The average molecular weight is 408 g/mol. The van der Waals surface area contributed by atoms with Crippen molar-refractivity contribution in [2.45, 2.75) is 25.7 Å². The maximum atomic E-state index is 3.22. The molecule has 2 aliphatic rings. The van der Waals surface area contributed by atoms with Crippen molar-refractivity contribution >= 4 is 0 Å². The molecule has 2 N–H and O–H groups in total. The van der Waals surface area contributed by atoms with Crippen LogP contribution in [0.5, 0.6) is 0 Å². The molecule has 84 valence electrons. The molecule has 0 spiro atoms. The molecular formula is C8H18Cl2N2Pt. The normalized spacial score (nSPS) is 18.5. The Labute approximate surface area is 108 Å². The summed E-state index contributed by atoms with van der Waals surface area (Å²) in [5.41, 5.74) is 0. The molecule has 2 saturated heterocycles. The van der Waals surface area contributed by atoms with Crippen molar-refractivity contribution in [2.75, 3.05) is 26.2 Å². The maximum Gasteiger partial charge on any atom is 2.00 e. The van der Waals surface area contributed by atoms with Gasteiger partial charge in [0.2, 0.25) is 0 Å². The summed E-state index contributed by atoms with van der Waals surface area (Å²) in [6.45, 7) is 5.00. The van der Waals surface area contributed by atoms with Crippen molar-refractivity contribution in [1.29, 1.82) is 0 Å². The van der Waals surface area contributed by atoms with Gasteiger partial charge in [-0.05, 0) is 51.9 Å². The Morgan fingerprint density at radius 2 is 0.769 bits per heavy atom. The Balaban J connectivity index is -0.000000125. The standard InChI is InChI=1S/2C4H9N.2ClH.Pt/c2*1-2-4-5-3-1;;;/h2*5H,1-4H2;2*1H;/q;;;;+2/p-2. The second-order valence-corrected chi connectivity index (χ2v) is 2.91. The van der Waals surface area contributed by atoms with Gasteiger partial charge in [-0.25, -0.2) is 0 Å². The number of halogens is 2. The van der Waals surface area contributed by atoms with E-state index in [2.05, 4.69) is 10.6 Å². The van der Waals surface area contributed by atoms with Crippen LogP contribution < -0.4 is 35.4 Å². The summed E-state index contributed by atoms with van der Waals surface area (Å²) in [5.74, 6) is 0. The second kappa shape index (κ2) is 15.7. The summed E-state index contributed by atoms with van der Waals surface area (Å²) in [4.78, 5) is 0. The third kappa shape index (κ3) is 13.2. The molecule has 2 aliphatic heterocycles. The minimum Gasteiger partial charge on any atom is -1.00 e. The first-order valence-electron chi connectivity index (χ1n) is 4.41. The van der Waals surface area contributed by atoms with E-state index in [1.807, 2.05) is 0 Å². The van der Waals surface area contributed by atoms with E-state index >= 15 is 0 Å². The zero-order valence-electron chi connectivity index (χ0n) is 7.73. The van der Waals surface area contributed by atoms with Crippen molar-refractivity contribution < 1.29 is 45.9 Å². The van der Waals surface area contributed by atoms with Crippen LogP contribution in [0.1, 0.15) is 25.7 Å².